The zero-order valence-electron chi connectivity index (χ0n) is 12.8. The third-order valence-electron chi connectivity index (χ3n) is 3.78. The number of benzene rings is 1. The zero-order valence-corrected chi connectivity index (χ0v) is 12.8. The lowest BCUT2D eigenvalue weighted by Gasteiger charge is -2.22. The van der Waals surface area contributed by atoms with Gasteiger partial charge in [0.2, 0.25) is 0 Å². The number of nitrogens with zero attached hydrogens (tertiary/aromatic N) is 1. The molecule has 0 unspecified atom stereocenters. The van der Waals surface area contributed by atoms with Gasteiger partial charge in [-0.15, -0.1) is 0 Å². The van der Waals surface area contributed by atoms with Gasteiger partial charge in [-0.2, -0.15) is 5.26 Å². The molecular weight excluding hydrogens is 278 g/mol. The van der Waals surface area contributed by atoms with E-state index < -0.39 is 0 Å². The third-order valence-corrected chi connectivity index (χ3v) is 3.78. The van der Waals surface area contributed by atoms with E-state index in [1.54, 1.807) is 7.11 Å². The fraction of sp³-hybridized carbons (Fsp3) is 0.412. The van der Waals surface area contributed by atoms with E-state index in [-0.39, 0.29) is 17.5 Å². The summed E-state index contributed by atoms with van der Waals surface area (Å²) in [6, 6.07) is 9.47. The summed E-state index contributed by atoms with van der Waals surface area (Å²) < 4.78 is 5.22. The lowest BCUT2D eigenvalue weighted by Crippen LogP contribution is -2.37. The number of carbonyl (C=O) groups is 1. The Kier molecular flexibility index (Phi) is 5.84. The summed E-state index contributed by atoms with van der Waals surface area (Å²) in [4.78, 5) is 12.1. The van der Waals surface area contributed by atoms with E-state index in [4.69, 9.17) is 4.74 Å². The number of methoxy groups -OCH3 is 1. The molecule has 0 bridgehead atoms. The number of hydrogen-bond donors (Lipinski definition) is 2. The van der Waals surface area contributed by atoms with Gasteiger partial charge in [0.05, 0.1) is 12.8 Å². The molecule has 2 N–H and O–H groups in total. The highest BCUT2D eigenvalue weighted by Crippen LogP contribution is 2.23. The Balaban J connectivity index is 2.00. The number of nitrogens with one attached hydrogen (secondary N) is 2. The summed E-state index contributed by atoms with van der Waals surface area (Å²) in [6.45, 7) is 0. The average molecular weight is 299 g/mol. The number of amides is 1. The minimum Gasteiger partial charge on any atom is -0.495 e. The van der Waals surface area contributed by atoms with Crippen molar-refractivity contribution in [1.29, 1.82) is 5.26 Å². The van der Waals surface area contributed by atoms with Gasteiger partial charge in [-0.1, -0.05) is 31.4 Å². The van der Waals surface area contributed by atoms with Crippen LogP contribution < -0.4 is 15.4 Å². The molecule has 0 spiro atoms. The topological polar surface area (TPSA) is 74.1 Å². The molecule has 0 atom stereocenters. The molecule has 1 aromatic carbocycles. The maximum atomic E-state index is 12.1. The van der Waals surface area contributed by atoms with Crippen molar-refractivity contribution in [2.75, 3.05) is 12.4 Å². The van der Waals surface area contributed by atoms with Gasteiger partial charge in [-0.05, 0) is 25.0 Å². The number of rotatable bonds is 5. The van der Waals surface area contributed by atoms with Crippen molar-refractivity contribution in [3.63, 3.8) is 0 Å². The predicted octanol–water partition coefficient (Wildman–Crippen LogP) is 2.96. The molecule has 0 heterocycles. The molecule has 0 aliphatic heterocycles. The first kappa shape index (κ1) is 15.9. The standard InChI is InChI=1S/C17H21N3O2/c1-22-16-10-6-5-9-15(16)19-12-13(11-18)17(21)20-14-7-3-2-4-8-14/h5-6,9-10,12,14,19H,2-4,7-8H2,1H3,(H,20,21). The minimum absolute atomic E-state index is 0.0662. The molecule has 0 radical (unpaired) electrons. The van der Waals surface area contributed by atoms with Crippen LogP contribution in [0, 0.1) is 11.3 Å². The highest BCUT2D eigenvalue weighted by atomic mass is 16.5. The summed E-state index contributed by atoms with van der Waals surface area (Å²) in [7, 11) is 1.57. The number of carbonyl (C=O) groups excluding carboxylic acids is 1. The van der Waals surface area contributed by atoms with Crippen LogP contribution in [0.4, 0.5) is 5.69 Å². The molecule has 116 valence electrons. The quantitative estimate of drug-likeness (QED) is 0.647. The van der Waals surface area contributed by atoms with E-state index >= 15 is 0 Å². The number of ether oxygens (including phenoxy) is 1. The molecule has 2 rings (SSSR count). The molecule has 5 heteroatoms. The molecule has 1 aliphatic rings. The SMILES string of the molecule is COc1ccccc1NC=C(C#N)C(=O)NC1CCCCC1. The maximum absolute atomic E-state index is 12.1. The summed E-state index contributed by atoms with van der Waals surface area (Å²) >= 11 is 0. The molecule has 5 nitrogen and oxygen atoms in total. The first-order chi connectivity index (χ1) is 10.7. The van der Waals surface area contributed by atoms with Gasteiger partial charge in [-0.3, -0.25) is 4.79 Å². The van der Waals surface area contributed by atoms with Gasteiger partial charge < -0.3 is 15.4 Å². The Labute approximate surface area is 131 Å². The zero-order chi connectivity index (χ0) is 15.8. The number of anilines is 1. The summed E-state index contributed by atoms with van der Waals surface area (Å²) in [5.41, 5.74) is 0.777. The predicted molar refractivity (Wildman–Crippen MR) is 85.3 cm³/mol. The van der Waals surface area contributed by atoms with Gasteiger partial charge in [-0.25, -0.2) is 0 Å². The average Bonchev–Trinajstić information content (AvgIpc) is 2.56. The van der Waals surface area contributed by atoms with Crippen LogP contribution in [0.1, 0.15) is 32.1 Å². The van der Waals surface area contributed by atoms with Crippen molar-refractivity contribution in [1.82, 2.24) is 5.32 Å². The first-order valence-electron chi connectivity index (χ1n) is 7.55. The van der Waals surface area contributed by atoms with E-state index in [0.29, 0.717) is 11.4 Å². The Morgan fingerprint density at radius 3 is 2.73 bits per heavy atom. The van der Waals surface area contributed by atoms with Gasteiger partial charge in [0.1, 0.15) is 17.4 Å². The van der Waals surface area contributed by atoms with Crippen molar-refractivity contribution < 1.29 is 9.53 Å². The summed E-state index contributed by atoms with van der Waals surface area (Å²) in [5.74, 6) is 0.334. The molecule has 1 aliphatic carbocycles. The van der Waals surface area contributed by atoms with E-state index in [1.807, 2.05) is 30.3 Å². The number of nitriles is 1. The molecule has 1 saturated carbocycles. The van der Waals surface area contributed by atoms with E-state index in [9.17, 15) is 10.1 Å². The monoisotopic (exact) mass is 299 g/mol. The largest absolute Gasteiger partial charge is 0.495 e. The Hall–Kier alpha value is -2.48. The second-order valence-electron chi connectivity index (χ2n) is 5.32. The van der Waals surface area contributed by atoms with Gasteiger partial charge in [0, 0.05) is 12.2 Å². The Morgan fingerprint density at radius 2 is 2.05 bits per heavy atom. The maximum Gasteiger partial charge on any atom is 0.263 e. The lowest BCUT2D eigenvalue weighted by molar-refractivity contribution is -0.118. The molecule has 0 saturated heterocycles. The first-order valence-corrected chi connectivity index (χ1v) is 7.55. The molecular formula is C17H21N3O2. The third kappa shape index (κ3) is 4.26. The van der Waals surface area contributed by atoms with E-state index in [0.717, 1.165) is 25.7 Å². The number of hydrogen-bond acceptors (Lipinski definition) is 4. The fourth-order valence-electron chi connectivity index (χ4n) is 2.57. The van der Waals surface area contributed by atoms with Crippen LogP contribution in [-0.2, 0) is 4.79 Å². The van der Waals surface area contributed by atoms with Crippen LogP contribution in [0.2, 0.25) is 0 Å². The van der Waals surface area contributed by atoms with Crippen molar-refractivity contribution >= 4 is 11.6 Å². The van der Waals surface area contributed by atoms with Crippen LogP contribution in [-0.4, -0.2) is 19.1 Å². The minimum atomic E-state index is -0.322. The summed E-state index contributed by atoms with van der Waals surface area (Å²) in [6.07, 6.45) is 6.90. The summed E-state index contributed by atoms with van der Waals surface area (Å²) in [5, 5.41) is 15.1. The van der Waals surface area contributed by atoms with E-state index in [2.05, 4.69) is 10.6 Å². The van der Waals surface area contributed by atoms with Crippen LogP contribution in [0.3, 0.4) is 0 Å². The Morgan fingerprint density at radius 1 is 1.32 bits per heavy atom. The highest BCUT2D eigenvalue weighted by molar-refractivity contribution is 5.97. The molecule has 0 aromatic heterocycles. The molecule has 1 amide bonds. The van der Waals surface area contributed by atoms with Crippen LogP contribution >= 0.6 is 0 Å². The smallest absolute Gasteiger partial charge is 0.263 e. The molecule has 22 heavy (non-hydrogen) atoms. The second-order valence-corrected chi connectivity index (χ2v) is 5.32. The van der Waals surface area contributed by atoms with Crippen molar-refractivity contribution in [2.24, 2.45) is 0 Å². The van der Waals surface area contributed by atoms with Crippen LogP contribution in [0.5, 0.6) is 5.75 Å². The van der Waals surface area contributed by atoms with Crippen molar-refractivity contribution in [2.45, 2.75) is 38.1 Å². The fourth-order valence-corrected chi connectivity index (χ4v) is 2.57. The number of para-hydroxylation sites is 2. The van der Waals surface area contributed by atoms with Crippen LogP contribution in [0.25, 0.3) is 0 Å². The molecule has 1 fully saturated rings. The van der Waals surface area contributed by atoms with E-state index in [1.165, 1.54) is 12.6 Å². The van der Waals surface area contributed by atoms with Crippen LogP contribution in [0.15, 0.2) is 36.0 Å². The highest BCUT2D eigenvalue weighted by Gasteiger charge is 2.18. The van der Waals surface area contributed by atoms with Gasteiger partial charge in [0.15, 0.2) is 0 Å². The normalized spacial score (nSPS) is 15.7. The van der Waals surface area contributed by atoms with Crippen molar-refractivity contribution in [3.8, 4) is 11.8 Å². The second kappa shape index (κ2) is 8.08. The Bertz CT molecular complexity index is 584. The van der Waals surface area contributed by atoms with Crippen molar-refractivity contribution in [3.05, 3.63) is 36.0 Å². The molecule has 1 aromatic rings. The van der Waals surface area contributed by atoms with Gasteiger partial charge in [0.25, 0.3) is 5.91 Å². The van der Waals surface area contributed by atoms with Gasteiger partial charge >= 0.3 is 0 Å². The lowest BCUT2D eigenvalue weighted by atomic mass is 9.95.